The molecule has 0 aromatic heterocycles. The molecule has 1 N–H and O–H groups in total. The maximum atomic E-state index is 12.0. The average Bonchev–Trinajstić information content (AvgIpc) is 2.88. The summed E-state index contributed by atoms with van der Waals surface area (Å²) in [6, 6.07) is 0. The summed E-state index contributed by atoms with van der Waals surface area (Å²) in [5, 5.41) is 9.46. The molecule has 0 rings (SSSR count). The average molecular weight is 527 g/mol. The lowest BCUT2D eigenvalue weighted by molar-refractivity contribution is -0.161. The number of carbonyl (C=O) groups is 2. The molecule has 0 fully saturated rings. The van der Waals surface area contributed by atoms with Gasteiger partial charge in [0.25, 0.3) is 0 Å². The quantitative estimate of drug-likeness (QED) is 0.0813. The lowest BCUT2D eigenvalue weighted by Gasteiger charge is -2.15. The van der Waals surface area contributed by atoms with Gasteiger partial charge in [-0.05, 0) is 18.8 Å². The van der Waals surface area contributed by atoms with Gasteiger partial charge >= 0.3 is 11.9 Å². The third-order valence-corrected chi connectivity index (χ3v) is 7.08. The minimum absolute atomic E-state index is 0.0592. The molecule has 0 aromatic carbocycles. The molecule has 0 aliphatic rings. The maximum Gasteiger partial charge on any atom is 0.306 e. The number of carbonyl (C=O) groups excluding carboxylic acids is 2. The molecule has 0 spiro atoms. The van der Waals surface area contributed by atoms with Gasteiger partial charge in [0.05, 0.1) is 6.61 Å². The molecule has 0 aliphatic carbocycles. The molecule has 0 unspecified atom stereocenters. The highest BCUT2D eigenvalue weighted by Crippen LogP contribution is 2.15. The lowest BCUT2D eigenvalue weighted by Crippen LogP contribution is -2.28. The first-order valence-electron chi connectivity index (χ1n) is 16.0. The summed E-state index contributed by atoms with van der Waals surface area (Å²) in [5.41, 5.74) is 0. The van der Waals surface area contributed by atoms with Crippen molar-refractivity contribution in [3.63, 3.8) is 0 Å². The van der Waals surface area contributed by atoms with Gasteiger partial charge in [0, 0.05) is 12.8 Å². The van der Waals surface area contributed by atoms with Crippen LogP contribution in [0.15, 0.2) is 0 Å². The van der Waals surface area contributed by atoms with Gasteiger partial charge in [0.2, 0.25) is 0 Å². The molecular weight excluding hydrogens is 464 g/mol. The molecule has 5 heteroatoms. The summed E-state index contributed by atoms with van der Waals surface area (Å²) >= 11 is 0. The van der Waals surface area contributed by atoms with Crippen LogP contribution in [-0.2, 0) is 19.1 Å². The van der Waals surface area contributed by atoms with Crippen molar-refractivity contribution in [2.45, 2.75) is 175 Å². The zero-order valence-electron chi connectivity index (χ0n) is 24.9. The van der Waals surface area contributed by atoms with E-state index in [9.17, 15) is 14.7 Å². The van der Waals surface area contributed by atoms with Crippen LogP contribution in [0.25, 0.3) is 0 Å². The summed E-state index contributed by atoms with van der Waals surface area (Å²) in [6.45, 7) is 6.44. The van der Waals surface area contributed by atoms with Gasteiger partial charge in [0.1, 0.15) is 6.61 Å². The molecular formula is C32H62O5. The Labute approximate surface area is 229 Å². The second-order valence-corrected chi connectivity index (χ2v) is 11.4. The van der Waals surface area contributed by atoms with Crippen molar-refractivity contribution in [1.29, 1.82) is 0 Å². The molecule has 0 saturated heterocycles. The smallest absolute Gasteiger partial charge is 0.306 e. The van der Waals surface area contributed by atoms with E-state index in [0.717, 1.165) is 44.4 Å². The molecule has 1 atom stereocenters. The van der Waals surface area contributed by atoms with Gasteiger partial charge < -0.3 is 14.6 Å². The van der Waals surface area contributed by atoms with Crippen LogP contribution < -0.4 is 0 Å². The van der Waals surface area contributed by atoms with Crippen molar-refractivity contribution in [2.75, 3.05) is 13.2 Å². The summed E-state index contributed by atoms with van der Waals surface area (Å²) in [4.78, 5) is 24.0. The zero-order chi connectivity index (χ0) is 27.4. The van der Waals surface area contributed by atoms with E-state index in [4.69, 9.17) is 9.47 Å². The standard InChI is InChI=1S/C32H62O5/c1-4-5-6-7-8-12-17-20-23-26-32(35)37-30(27-33)28-36-31(34)25-22-19-16-14-11-9-10-13-15-18-21-24-29(2)3/h29-30,33H,4-28H2,1-3H3/t30-/m0/s1. The number of hydrogen-bond acceptors (Lipinski definition) is 5. The first-order chi connectivity index (χ1) is 18.0. The normalized spacial score (nSPS) is 12.1. The van der Waals surface area contributed by atoms with Gasteiger partial charge in [0.15, 0.2) is 6.10 Å². The Hall–Kier alpha value is -1.10. The summed E-state index contributed by atoms with van der Waals surface area (Å²) in [6.07, 6.45) is 25.8. The summed E-state index contributed by atoms with van der Waals surface area (Å²) in [7, 11) is 0. The van der Waals surface area contributed by atoms with Crippen molar-refractivity contribution < 1.29 is 24.2 Å². The van der Waals surface area contributed by atoms with Gasteiger partial charge in [-0.25, -0.2) is 0 Å². The van der Waals surface area contributed by atoms with Crippen LogP contribution in [0.3, 0.4) is 0 Å². The number of hydrogen-bond donors (Lipinski definition) is 1. The van der Waals surface area contributed by atoms with Crippen LogP contribution in [0, 0.1) is 5.92 Å². The highest BCUT2D eigenvalue weighted by Gasteiger charge is 2.16. The SMILES string of the molecule is CCCCCCCCCCCC(=O)O[C@@H](CO)COC(=O)CCCCCCCCCCCCCC(C)C. The van der Waals surface area contributed by atoms with Crippen LogP contribution in [-0.4, -0.2) is 36.4 Å². The number of unbranched alkanes of at least 4 members (excludes halogenated alkanes) is 18. The predicted octanol–water partition coefficient (Wildman–Crippen LogP) is 9.08. The second kappa shape index (κ2) is 27.9. The molecule has 0 bridgehead atoms. The van der Waals surface area contributed by atoms with Gasteiger partial charge in [-0.1, -0.05) is 143 Å². The molecule has 0 saturated carbocycles. The third-order valence-electron chi connectivity index (χ3n) is 7.08. The van der Waals surface area contributed by atoms with Gasteiger partial charge in [-0.3, -0.25) is 9.59 Å². The predicted molar refractivity (Wildman–Crippen MR) is 155 cm³/mol. The zero-order valence-corrected chi connectivity index (χ0v) is 24.9. The van der Waals surface area contributed by atoms with Crippen LogP contribution in [0.4, 0.5) is 0 Å². The second-order valence-electron chi connectivity index (χ2n) is 11.4. The Morgan fingerprint density at radius 1 is 0.595 bits per heavy atom. The van der Waals surface area contributed by atoms with E-state index in [1.54, 1.807) is 0 Å². The minimum Gasteiger partial charge on any atom is -0.462 e. The fourth-order valence-electron chi connectivity index (χ4n) is 4.62. The van der Waals surface area contributed by atoms with Crippen molar-refractivity contribution in [1.82, 2.24) is 0 Å². The van der Waals surface area contributed by atoms with Crippen molar-refractivity contribution in [3.8, 4) is 0 Å². The highest BCUT2D eigenvalue weighted by molar-refractivity contribution is 5.70. The number of aliphatic hydroxyl groups is 1. The Morgan fingerprint density at radius 3 is 1.43 bits per heavy atom. The van der Waals surface area contributed by atoms with Crippen molar-refractivity contribution >= 4 is 11.9 Å². The summed E-state index contributed by atoms with van der Waals surface area (Å²) in [5.74, 6) is 0.248. The molecule has 0 heterocycles. The minimum atomic E-state index is -0.759. The largest absolute Gasteiger partial charge is 0.462 e. The molecule has 37 heavy (non-hydrogen) atoms. The van der Waals surface area contributed by atoms with Crippen LogP contribution in [0.5, 0.6) is 0 Å². The molecule has 220 valence electrons. The fraction of sp³-hybridized carbons (Fsp3) is 0.938. The van der Waals surface area contributed by atoms with E-state index in [2.05, 4.69) is 20.8 Å². The van der Waals surface area contributed by atoms with Gasteiger partial charge in [-0.15, -0.1) is 0 Å². The van der Waals surface area contributed by atoms with Crippen molar-refractivity contribution in [2.24, 2.45) is 5.92 Å². The Balaban J connectivity index is 3.55. The first kappa shape index (κ1) is 35.9. The summed E-state index contributed by atoms with van der Waals surface area (Å²) < 4.78 is 10.5. The molecule has 5 nitrogen and oxygen atoms in total. The lowest BCUT2D eigenvalue weighted by atomic mass is 10.0. The van der Waals surface area contributed by atoms with Crippen LogP contribution >= 0.6 is 0 Å². The maximum absolute atomic E-state index is 12.0. The van der Waals surface area contributed by atoms with E-state index >= 15 is 0 Å². The van der Waals surface area contributed by atoms with E-state index < -0.39 is 6.10 Å². The van der Waals surface area contributed by atoms with Crippen LogP contribution in [0.2, 0.25) is 0 Å². The first-order valence-corrected chi connectivity index (χ1v) is 16.0. The fourth-order valence-corrected chi connectivity index (χ4v) is 4.62. The molecule has 0 amide bonds. The topological polar surface area (TPSA) is 72.8 Å². The van der Waals surface area contributed by atoms with E-state index in [1.807, 2.05) is 0 Å². The number of aliphatic hydroxyl groups excluding tert-OH is 1. The number of ether oxygens (including phenoxy) is 2. The number of esters is 2. The van der Waals surface area contributed by atoms with E-state index in [0.29, 0.717) is 12.8 Å². The monoisotopic (exact) mass is 526 g/mol. The third kappa shape index (κ3) is 27.7. The Bertz CT molecular complexity index is 505. The Kier molecular flexibility index (Phi) is 27.1. The number of rotatable bonds is 28. The van der Waals surface area contributed by atoms with E-state index in [-0.39, 0.29) is 25.2 Å². The highest BCUT2D eigenvalue weighted by atomic mass is 16.6. The van der Waals surface area contributed by atoms with Crippen molar-refractivity contribution in [3.05, 3.63) is 0 Å². The molecule has 0 aliphatic heterocycles. The van der Waals surface area contributed by atoms with Gasteiger partial charge in [-0.2, -0.15) is 0 Å². The van der Waals surface area contributed by atoms with Crippen LogP contribution in [0.1, 0.15) is 168 Å². The molecule has 0 aromatic rings. The Morgan fingerprint density at radius 2 is 1.00 bits per heavy atom. The molecule has 0 radical (unpaired) electrons. The van der Waals surface area contributed by atoms with E-state index in [1.165, 1.54) is 96.3 Å².